The van der Waals surface area contributed by atoms with E-state index in [0.29, 0.717) is 22.7 Å². The minimum Gasteiger partial charge on any atom is -0.384 e. The van der Waals surface area contributed by atoms with E-state index in [1.165, 1.54) is 17.2 Å². The maximum Gasteiger partial charge on any atom is 0.417 e. The van der Waals surface area contributed by atoms with Gasteiger partial charge in [-0.3, -0.25) is 9.78 Å². The van der Waals surface area contributed by atoms with E-state index in [1.54, 1.807) is 43.6 Å². The lowest BCUT2D eigenvalue weighted by molar-refractivity contribution is -0.137. The number of hydrogen-bond acceptors (Lipinski definition) is 7. The standard InChI is InChI=1S/C22H18F3N7O/c1-13(19-27-7-2-8-28-19)32(12-17-5-4-16(11-29-17)22(23,24)25)21(33)15-9-14-3-6-18(26)31-20(14)30-10-15/h2-11,13H,12H2,1H3,(H2,26,30,31)/t13-/m1/s1. The lowest BCUT2D eigenvalue weighted by atomic mass is 10.1. The van der Waals surface area contributed by atoms with Crippen LogP contribution in [0.2, 0.25) is 0 Å². The first kappa shape index (κ1) is 22.1. The van der Waals surface area contributed by atoms with Crippen molar-refractivity contribution in [2.24, 2.45) is 0 Å². The van der Waals surface area contributed by atoms with Gasteiger partial charge in [-0.25, -0.2) is 19.9 Å². The van der Waals surface area contributed by atoms with Gasteiger partial charge < -0.3 is 10.6 Å². The fourth-order valence-electron chi connectivity index (χ4n) is 3.22. The zero-order valence-corrected chi connectivity index (χ0v) is 17.4. The zero-order chi connectivity index (χ0) is 23.6. The predicted octanol–water partition coefficient (Wildman–Crippen LogP) is 3.82. The van der Waals surface area contributed by atoms with Crippen LogP contribution in [0.15, 0.2) is 61.2 Å². The number of nitrogens with zero attached hydrogens (tertiary/aromatic N) is 6. The third kappa shape index (κ3) is 4.86. The highest BCUT2D eigenvalue weighted by atomic mass is 19.4. The molecule has 4 heterocycles. The van der Waals surface area contributed by atoms with Crippen LogP contribution in [0.4, 0.5) is 19.0 Å². The number of carbonyl (C=O) groups excluding carboxylic acids is 1. The third-order valence-corrected chi connectivity index (χ3v) is 4.98. The van der Waals surface area contributed by atoms with Crippen LogP contribution in [0.5, 0.6) is 0 Å². The Bertz CT molecular complexity index is 1280. The first-order valence-electron chi connectivity index (χ1n) is 9.84. The van der Waals surface area contributed by atoms with Crippen LogP contribution in [0, 0.1) is 0 Å². The number of carbonyl (C=O) groups is 1. The molecular weight excluding hydrogens is 435 g/mol. The molecule has 0 saturated heterocycles. The molecule has 0 aromatic carbocycles. The molecule has 0 aliphatic heterocycles. The second kappa shape index (κ2) is 8.77. The minimum absolute atomic E-state index is 0.0611. The Morgan fingerprint density at radius 3 is 2.48 bits per heavy atom. The van der Waals surface area contributed by atoms with E-state index < -0.39 is 23.7 Å². The fraction of sp³-hybridized carbons (Fsp3) is 0.182. The number of hydrogen-bond donors (Lipinski definition) is 1. The monoisotopic (exact) mass is 453 g/mol. The average molecular weight is 453 g/mol. The van der Waals surface area contributed by atoms with Gasteiger partial charge in [0.05, 0.1) is 29.4 Å². The maximum atomic E-state index is 13.5. The van der Waals surface area contributed by atoms with Crippen molar-refractivity contribution in [2.75, 3.05) is 5.73 Å². The average Bonchev–Trinajstić information content (AvgIpc) is 2.81. The number of pyridine rings is 3. The van der Waals surface area contributed by atoms with Crippen LogP contribution in [-0.2, 0) is 12.7 Å². The molecule has 4 aromatic heterocycles. The maximum absolute atomic E-state index is 13.5. The Kier molecular flexibility index (Phi) is 5.86. The van der Waals surface area contributed by atoms with Crippen LogP contribution in [-0.4, -0.2) is 35.7 Å². The van der Waals surface area contributed by atoms with Crippen molar-refractivity contribution in [3.8, 4) is 0 Å². The largest absolute Gasteiger partial charge is 0.417 e. The molecular formula is C22H18F3N7O. The lowest BCUT2D eigenvalue weighted by Crippen LogP contribution is -2.34. The minimum atomic E-state index is -4.50. The molecule has 2 N–H and O–H groups in total. The van der Waals surface area contributed by atoms with Gasteiger partial charge in [-0.1, -0.05) is 0 Å². The second-order valence-electron chi connectivity index (χ2n) is 7.26. The Labute approximate surface area is 186 Å². The molecule has 0 bridgehead atoms. The van der Waals surface area contributed by atoms with Crippen LogP contribution in [0.25, 0.3) is 11.0 Å². The predicted molar refractivity (Wildman–Crippen MR) is 114 cm³/mol. The smallest absolute Gasteiger partial charge is 0.384 e. The number of amides is 1. The van der Waals surface area contributed by atoms with E-state index >= 15 is 0 Å². The van der Waals surface area contributed by atoms with Crippen molar-refractivity contribution in [2.45, 2.75) is 25.7 Å². The molecule has 11 heteroatoms. The summed E-state index contributed by atoms with van der Waals surface area (Å²) in [5.41, 5.74) is 5.75. The van der Waals surface area contributed by atoms with Crippen LogP contribution >= 0.6 is 0 Å². The number of fused-ring (bicyclic) bond motifs is 1. The van der Waals surface area contributed by atoms with Gasteiger partial charge in [-0.05, 0) is 43.3 Å². The van der Waals surface area contributed by atoms with Gasteiger partial charge >= 0.3 is 6.18 Å². The number of nitrogens with two attached hydrogens (primary N) is 1. The summed E-state index contributed by atoms with van der Waals surface area (Å²) < 4.78 is 38.7. The summed E-state index contributed by atoms with van der Waals surface area (Å²) in [5, 5.41) is 0.617. The van der Waals surface area contributed by atoms with E-state index in [2.05, 4.69) is 24.9 Å². The fourth-order valence-corrected chi connectivity index (χ4v) is 3.22. The highest BCUT2D eigenvalue weighted by Crippen LogP contribution is 2.29. The number of aromatic nitrogens is 5. The topological polar surface area (TPSA) is 111 Å². The molecule has 4 rings (SSSR count). The third-order valence-electron chi connectivity index (χ3n) is 4.98. The quantitative estimate of drug-likeness (QED) is 0.489. The first-order chi connectivity index (χ1) is 15.7. The van der Waals surface area contributed by atoms with Gasteiger partial charge in [0.2, 0.25) is 0 Å². The number of anilines is 1. The number of nitrogen functional groups attached to an aromatic ring is 1. The van der Waals surface area contributed by atoms with Crippen molar-refractivity contribution < 1.29 is 18.0 Å². The summed E-state index contributed by atoms with van der Waals surface area (Å²) >= 11 is 0. The van der Waals surface area contributed by atoms with E-state index in [-0.39, 0.29) is 17.8 Å². The molecule has 8 nitrogen and oxygen atoms in total. The first-order valence-corrected chi connectivity index (χ1v) is 9.84. The van der Waals surface area contributed by atoms with Crippen LogP contribution < -0.4 is 5.73 Å². The van der Waals surface area contributed by atoms with E-state index in [0.717, 1.165) is 12.3 Å². The van der Waals surface area contributed by atoms with Crippen LogP contribution in [0.3, 0.4) is 0 Å². The Hall–Kier alpha value is -4.15. The van der Waals surface area contributed by atoms with E-state index in [9.17, 15) is 18.0 Å². The molecule has 0 fully saturated rings. The Balaban J connectivity index is 1.69. The van der Waals surface area contributed by atoms with E-state index in [4.69, 9.17) is 5.73 Å². The molecule has 0 aliphatic carbocycles. The van der Waals surface area contributed by atoms with Crippen molar-refractivity contribution in [1.82, 2.24) is 29.8 Å². The normalized spacial score (nSPS) is 12.5. The molecule has 4 aromatic rings. The van der Waals surface area contributed by atoms with Crippen molar-refractivity contribution in [3.63, 3.8) is 0 Å². The summed E-state index contributed by atoms with van der Waals surface area (Å²) in [6.45, 7) is 1.67. The molecule has 0 unspecified atom stereocenters. The molecule has 0 spiro atoms. The number of alkyl halides is 3. The van der Waals surface area contributed by atoms with Crippen molar-refractivity contribution >= 4 is 22.8 Å². The Morgan fingerprint density at radius 1 is 1.06 bits per heavy atom. The highest BCUT2D eigenvalue weighted by molar-refractivity contribution is 5.97. The zero-order valence-electron chi connectivity index (χ0n) is 17.4. The summed E-state index contributed by atoms with van der Waals surface area (Å²) in [4.78, 5) is 35.6. The molecule has 1 amide bonds. The summed E-state index contributed by atoms with van der Waals surface area (Å²) in [5.74, 6) is 0.266. The summed E-state index contributed by atoms with van der Waals surface area (Å²) in [6.07, 6.45) is 0.718. The van der Waals surface area contributed by atoms with Gasteiger partial charge in [0.25, 0.3) is 5.91 Å². The summed E-state index contributed by atoms with van der Waals surface area (Å²) in [7, 11) is 0. The van der Waals surface area contributed by atoms with Crippen molar-refractivity contribution in [3.05, 3.63) is 83.8 Å². The highest BCUT2D eigenvalue weighted by Gasteiger charge is 2.31. The van der Waals surface area contributed by atoms with Crippen molar-refractivity contribution in [1.29, 1.82) is 0 Å². The van der Waals surface area contributed by atoms with Crippen LogP contribution in [0.1, 0.15) is 40.4 Å². The molecule has 1 atom stereocenters. The van der Waals surface area contributed by atoms with Gasteiger partial charge in [-0.15, -0.1) is 0 Å². The molecule has 0 radical (unpaired) electrons. The second-order valence-corrected chi connectivity index (χ2v) is 7.26. The molecule has 0 saturated carbocycles. The van der Waals surface area contributed by atoms with E-state index in [1.807, 2.05) is 0 Å². The number of halogens is 3. The SMILES string of the molecule is C[C@H](c1ncccn1)N(Cc1ccc(C(F)(F)F)cn1)C(=O)c1cnc2nc(N)ccc2c1. The lowest BCUT2D eigenvalue weighted by Gasteiger charge is -2.28. The van der Waals surface area contributed by atoms with Gasteiger partial charge in [-0.2, -0.15) is 13.2 Å². The van der Waals surface area contributed by atoms with Gasteiger partial charge in [0, 0.05) is 30.2 Å². The van der Waals surface area contributed by atoms with Gasteiger partial charge in [0.1, 0.15) is 11.6 Å². The Morgan fingerprint density at radius 2 is 1.82 bits per heavy atom. The molecule has 0 aliphatic rings. The molecule has 168 valence electrons. The molecule has 33 heavy (non-hydrogen) atoms. The van der Waals surface area contributed by atoms with Gasteiger partial charge in [0.15, 0.2) is 5.65 Å². The number of rotatable bonds is 5. The summed E-state index contributed by atoms with van der Waals surface area (Å²) in [6, 6.07) is 8.16.